The second-order valence-electron chi connectivity index (χ2n) is 9.91. The minimum atomic E-state index is -4.52. The van der Waals surface area contributed by atoms with Crippen molar-refractivity contribution in [3.8, 4) is 0 Å². The zero-order valence-electron chi connectivity index (χ0n) is 21.0. The van der Waals surface area contributed by atoms with Crippen LogP contribution in [0.4, 0.5) is 13.2 Å². The van der Waals surface area contributed by atoms with Gasteiger partial charge in [-0.1, -0.05) is 23.7 Å². The standard InChI is InChI=1S/C27H25ClF3N5O2S/c1-38-7-6-34-14-21-11-20(34)15-35(21)26-33-25(37)24(39-26)9-16-2-5-23-18(8-16)12-32-36(23)13-17-3-4-19(28)10-22(17)27(29,30)31/h2-5,8-10,12,20-21H,6-7,11,13-15H2,1H3/b24-9-/t20-,21-/m0/s1. The number of carbonyl (C=O) groups is 1. The quantitative estimate of drug-likeness (QED) is 0.380. The summed E-state index contributed by atoms with van der Waals surface area (Å²) in [5, 5.41) is 5.86. The first-order chi connectivity index (χ1) is 18.7. The molecule has 7 nitrogen and oxygen atoms in total. The van der Waals surface area contributed by atoms with Crippen LogP contribution in [0, 0.1) is 0 Å². The number of piperazine rings is 1. The molecule has 0 saturated carbocycles. The number of halogens is 4. The molecule has 0 unspecified atom stereocenters. The van der Waals surface area contributed by atoms with Crippen LogP contribution in [0.3, 0.4) is 0 Å². The van der Waals surface area contributed by atoms with Crippen LogP contribution < -0.4 is 0 Å². The molecular formula is C27H25ClF3N5O2S. The van der Waals surface area contributed by atoms with Crippen LogP contribution in [-0.2, 0) is 22.3 Å². The van der Waals surface area contributed by atoms with Gasteiger partial charge in [0.2, 0.25) is 0 Å². The number of benzene rings is 2. The van der Waals surface area contributed by atoms with Crippen LogP contribution in [0.2, 0.25) is 5.02 Å². The maximum Gasteiger partial charge on any atom is 0.416 e. The summed E-state index contributed by atoms with van der Waals surface area (Å²) in [5.41, 5.74) is 0.791. The van der Waals surface area contributed by atoms with E-state index in [1.165, 1.54) is 28.6 Å². The van der Waals surface area contributed by atoms with Crippen LogP contribution in [0.1, 0.15) is 23.1 Å². The van der Waals surface area contributed by atoms with Gasteiger partial charge in [0.25, 0.3) is 5.91 Å². The molecule has 3 aromatic rings. The molecule has 2 aromatic carbocycles. The fourth-order valence-corrected chi connectivity index (χ4v) is 6.74. The Morgan fingerprint density at radius 3 is 2.77 bits per heavy atom. The van der Waals surface area contributed by atoms with Crippen molar-refractivity contribution in [2.24, 2.45) is 4.99 Å². The molecule has 0 radical (unpaired) electrons. The number of likely N-dealkylation sites (tertiary alicyclic amines) is 2. The number of ether oxygens (including phenoxy) is 1. The number of methoxy groups -OCH3 is 1. The lowest BCUT2D eigenvalue weighted by Gasteiger charge is -2.34. The van der Waals surface area contributed by atoms with Gasteiger partial charge in [0.1, 0.15) is 0 Å². The van der Waals surface area contributed by atoms with Gasteiger partial charge in [-0.05, 0) is 59.7 Å². The van der Waals surface area contributed by atoms with Gasteiger partial charge in [0.15, 0.2) is 5.17 Å². The predicted octanol–water partition coefficient (Wildman–Crippen LogP) is 5.13. The highest BCUT2D eigenvalue weighted by molar-refractivity contribution is 8.18. The molecule has 3 aliphatic rings. The molecule has 2 atom stereocenters. The summed E-state index contributed by atoms with van der Waals surface area (Å²) in [6.45, 7) is 3.38. The lowest BCUT2D eigenvalue weighted by molar-refractivity contribution is -0.138. The molecule has 204 valence electrons. The molecule has 39 heavy (non-hydrogen) atoms. The lowest BCUT2D eigenvalue weighted by Crippen LogP contribution is -2.48. The van der Waals surface area contributed by atoms with Crippen molar-refractivity contribution in [2.45, 2.75) is 31.2 Å². The topological polar surface area (TPSA) is 63.0 Å². The number of carbonyl (C=O) groups excluding carboxylic acids is 1. The fourth-order valence-electron chi connectivity index (χ4n) is 5.57. The van der Waals surface area contributed by atoms with Crippen molar-refractivity contribution >= 4 is 51.4 Å². The van der Waals surface area contributed by atoms with Gasteiger partial charge in [-0.15, -0.1) is 0 Å². The number of hydrogen-bond donors (Lipinski definition) is 0. The van der Waals surface area contributed by atoms with Crippen molar-refractivity contribution in [1.29, 1.82) is 0 Å². The van der Waals surface area contributed by atoms with Gasteiger partial charge < -0.3 is 9.64 Å². The van der Waals surface area contributed by atoms with E-state index in [0.29, 0.717) is 29.1 Å². The van der Waals surface area contributed by atoms with E-state index in [-0.39, 0.29) is 23.0 Å². The molecule has 1 amide bonds. The van der Waals surface area contributed by atoms with Crippen molar-refractivity contribution in [2.75, 3.05) is 33.4 Å². The summed E-state index contributed by atoms with van der Waals surface area (Å²) in [7, 11) is 1.71. The number of aliphatic imine (C=N–C) groups is 1. The number of hydrogen-bond acceptors (Lipinski definition) is 6. The number of rotatable bonds is 6. The number of nitrogens with zero attached hydrogens (tertiary/aromatic N) is 5. The molecule has 12 heteroatoms. The van der Waals surface area contributed by atoms with Gasteiger partial charge in [0, 0.05) is 49.2 Å². The molecular weight excluding hydrogens is 551 g/mol. The Bertz CT molecular complexity index is 1500. The smallest absolute Gasteiger partial charge is 0.383 e. The van der Waals surface area contributed by atoms with Crippen molar-refractivity contribution in [3.63, 3.8) is 0 Å². The minimum absolute atomic E-state index is 0.0295. The van der Waals surface area contributed by atoms with Gasteiger partial charge in [-0.3, -0.25) is 14.4 Å². The Labute approximate surface area is 232 Å². The summed E-state index contributed by atoms with van der Waals surface area (Å²) in [6, 6.07) is 10.1. The van der Waals surface area contributed by atoms with E-state index in [0.717, 1.165) is 48.2 Å². The molecule has 0 N–H and O–H groups in total. The third kappa shape index (κ3) is 5.20. The highest BCUT2D eigenvalue weighted by atomic mass is 35.5. The average Bonchev–Trinajstić information content (AvgIpc) is 3.67. The number of amides is 1. The van der Waals surface area contributed by atoms with Gasteiger partial charge in [0.05, 0.1) is 35.3 Å². The molecule has 0 aliphatic carbocycles. The summed E-state index contributed by atoms with van der Waals surface area (Å²) in [6.07, 6.45) is -0.0343. The predicted molar refractivity (Wildman–Crippen MR) is 146 cm³/mol. The van der Waals surface area contributed by atoms with Crippen molar-refractivity contribution < 1.29 is 22.7 Å². The SMILES string of the molecule is COCCN1C[C@@H]2C[C@H]1CN2C1=NC(=O)/C(=C/c2ccc3c(cnn3Cc3ccc(Cl)cc3C(F)(F)F)c2)S1. The third-order valence-electron chi connectivity index (χ3n) is 7.45. The van der Waals surface area contributed by atoms with Crippen LogP contribution in [-0.4, -0.2) is 76.1 Å². The summed E-state index contributed by atoms with van der Waals surface area (Å²) >= 11 is 7.20. The first kappa shape index (κ1) is 26.4. The Kier molecular flexibility index (Phi) is 6.95. The highest BCUT2D eigenvalue weighted by Crippen LogP contribution is 2.38. The lowest BCUT2D eigenvalue weighted by atomic mass is 10.1. The third-order valence-corrected chi connectivity index (χ3v) is 8.71. The van der Waals surface area contributed by atoms with Gasteiger partial charge in [-0.2, -0.15) is 23.3 Å². The van der Waals surface area contributed by atoms with E-state index in [1.54, 1.807) is 25.4 Å². The maximum atomic E-state index is 13.5. The zero-order chi connectivity index (χ0) is 27.3. The Morgan fingerprint density at radius 2 is 2.03 bits per heavy atom. The summed E-state index contributed by atoms with van der Waals surface area (Å²) in [5.74, 6) is -0.257. The number of fused-ring (bicyclic) bond motifs is 3. The van der Waals surface area contributed by atoms with Gasteiger partial charge >= 0.3 is 6.18 Å². The molecule has 2 bridgehead atoms. The first-order valence-electron chi connectivity index (χ1n) is 12.5. The van der Waals surface area contributed by atoms with Gasteiger partial charge in [-0.25, -0.2) is 0 Å². The maximum absolute atomic E-state index is 13.5. The molecule has 6 rings (SSSR count). The van der Waals surface area contributed by atoms with E-state index in [4.69, 9.17) is 16.3 Å². The first-order valence-corrected chi connectivity index (χ1v) is 13.7. The zero-order valence-corrected chi connectivity index (χ0v) is 22.6. The number of thioether (sulfide) groups is 1. The second-order valence-corrected chi connectivity index (χ2v) is 11.4. The number of alkyl halides is 3. The number of amidine groups is 1. The molecule has 2 fully saturated rings. The Balaban J connectivity index is 1.16. The minimum Gasteiger partial charge on any atom is -0.383 e. The van der Waals surface area contributed by atoms with E-state index in [1.807, 2.05) is 12.1 Å². The monoisotopic (exact) mass is 575 g/mol. The Morgan fingerprint density at radius 1 is 1.18 bits per heavy atom. The molecule has 2 saturated heterocycles. The van der Waals surface area contributed by atoms with Crippen LogP contribution in [0.25, 0.3) is 17.0 Å². The summed E-state index contributed by atoms with van der Waals surface area (Å²) in [4.78, 5) is 22.3. The van der Waals surface area contributed by atoms with E-state index < -0.39 is 11.7 Å². The van der Waals surface area contributed by atoms with Crippen molar-refractivity contribution in [3.05, 3.63) is 69.2 Å². The van der Waals surface area contributed by atoms with E-state index >= 15 is 0 Å². The average molecular weight is 576 g/mol. The molecule has 4 heterocycles. The molecule has 0 spiro atoms. The van der Waals surface area contributed by atoms with Crippen LogP contribution in [0.5, 0.6) is 0 Å². The normalized spacial score (nSPS) is 22.6. The van der Waals surface area contributed by atoms with E-state index in [9.17, 15) is 18.0 Å². The second kappa shape index (κ2) is 10.3. The fraction of sp³-hybridized carbons (Fsp3) is 0.370. The van der Waals surface area contributed by atoms with E-state index in [2.05, 4.69) is 19.9 Å². The summed E-state index contributed by atoms with van der Waals surface area (Å²) < 4.78 is 47.4. The molecule has 3 aliphatic heterocycles. The molecule has 1 aromatic heterocycles. The van der Waals surface area contributed by atoms with Crippen molar-refractivity contribution in [1.82, 2.24) is 19.6 Å². The van der Waals surface area contributed by atoms with Crippen LogP contribution >= 0.6 is 23.4 Å². The van der Waals surface area contributed by atoms with Crippen LogP contribution in [0.15, 0.2) is 52.5 Å². The Hall–Kier alpha value is -2.86. The number of aromatic nitrogens is 2. The highest BCUT2D eigenvalue weighted by Gasteiger charge is 2.45. The largest absolute Gasteiger partial charge is 0.416 e.